The monoisotopic (exact) mass is 299 g/mol. The standard InChI is InChI=1S/C17H17NO4/c1-12(19)15-5-3-4-6-16(15)22-11-17(20)18-13-7-9-14(21-2)10-8-13/h3-10H,11H2,1-2H3,(H,18,20). The Bertz CT molecular complexity index is 665. The highest BCUT2D eigenvalue weighted by molar-refractivity contribution is 5.97. The van der Waals surface area contributed by atoms with Crippen molar-refractivity contribution < 1.29 is 19.1 Å². The molecule has 1 N–H and O–H groups in total. The highest BCUT2D eigenvalue weighted by Gasteiger charge is 2.09. The molecule has 0 atom stereocenters. The van der Waals surface area contributed by atoms with Gasteiger partial charge < -0.3 is 14.8 Å². The zero-order valence-electron chi connectivity index (χ0n) is 12.5. The summed E-state index contributed by atoms with van der Waals surface area (Å²) in [6.45, 7) is 1.29. The molecule has 0 heterocycles. The van der Waals surface area contributed by atoms with Crippen molar-refractivity contribution in [3.05, 3.63) is 54.1 Å². The molecule has 0 radical (unpaired) electrons. The molecule has 0 aliphatic heterocycles. The molecule has 0 saturated carbocycles. The third-order valence-corrected chi connectivity index (χ3v) is 3.00. The van der Waals surface area contributed by atoms with Crippen molar-refractivity contribution in [3.63, 3.8) is 0 Å². The van der Waals surface area contributed by atoms with Gasteiger partial charge in [-0.15, -0.1) is 0 Å². The number of methoxy groups -OCH3 is 1. The molecule has 2 aromatic carbocycles. The second-order valence-corrected chi connectivity index (χ2v) is 4.62. The molecular weight excluding hydrogens is 282 g/mol. The largest absolute Gasteiger partial charge is 0.497 e. The van der Waals surface area contributed by atoms with Gasteiger partial charge in [-0.3, -0.25) is 9.59 Å². The molecule has 114 valence electrons. The first-order chi connectivity index (χ1) is 10.6. The first-order valence-electron chi connectivity index (χ1n) is 6.77. The lowest BCUT2D eigenvalue weighted by Crippen LogP contribution is -2.20. The van der Waals surface area contributed by atoms with Crippen molar-refractivity contribution in [2.24, 2.45) is 0 Å². The van der Waals surface area contributed by atoms with Gasteiger partial charge in [-0.05, 0) is 43.3 Å². The van der Waals surface area contributed by atoms with E-state index in [1.54, 1.807) is 55.6 Å². The molecule has 0 aromatic heterocycles. The van der Waals surface area contributed by atoms with Crippen molar-refractivity contribution >= 4 is 17.4 Å². The second kappa shape index (κ2) is 7.26. The van der Waals surface area contributed by atoms with Crippen LogP contribution in [0.25, 0.3) is 0 Å². The molecule has 22 heavy (non-hydrogen) atoms. The summed E-state index contributed by atoms with van der Waals surface area (Å²) in [5, 5.41) is 2.71. The molecule has 0 spiro atoms. The summed E-state index contributed by atoms with van der Waals surface area (Å²) in [7, 11) is 1.58. The molecule has 2 aromatic rings. The molecule has 0 aliphatic carbocycles. The van der Waals surface area contributed by atoms with Gasteiger partial charge >= 0.3 is 0 Å². The Hall–Kier alpha value is -2.82. The quantitative estimate of drug-likeness (QED) is 0.833. The van der Waals surface area contributed by atoms with Gasteiger partial charge in [-0.1, -0.05) is 12.1 Å². The predicted octanol–water partition coefficient (Wildman–Crippen LogP) is 2.92. The molecular formula is C17H17NO4. The van der Waals surface area contributed by atoms with E-state index in [0.29, 0.717) is 22.7 Å². The van der Waals surface area contributed by atoms with E-state index in [4.69, 9.17) is 9.47 Å². The lowest BCUT2D eigenvalue weighted by Gasteiger charge is -2.10. The Morgan fingerprint density at radius 2 is 1.73 bits per heavy atom. The van der Waals surface area contributed by atoms with Crippen molar-refractivity contribution in [1.82, 2.24) is 0 Å². The summed E-state index contributed by atoms with van der Waals surface area (Å²) < 4.78 is 10.5. The minimum absolute atomic E-state index is 0.105. The number of nitrogens with one attached hydrogen (secondary N) is 1. The number of para-hydroxylation sites is 1. The number of anilines is 1. The minimum Gasteiger partial charge on any atom is -0.497 e. The molecule has 5 nitrogen and oxygen atoms in total. The molecule has 1 amide bonds. The van der Waals surface area contributed by atoms with Gasteiger partial charge in [0.05, 0.1) is 12.7 Å². The van der Waals surface area contributed by atoms with Gasteiger partial charge in [-0.25, -0.2) is 0 Å². The van der Waals surface area contributed by atoms with Crippen LogP contribution in [0.15, 0.2) is 48.5 Å². The Morgan fingerprint density at radius 1 is 1.05 bits per heavy atom. The fourth-order valence-corrected chi connectivity index (χ4v) is 1.90. The Labute approximate surface area is 128 Å². The highest BCUT2D eigenvalue weighted by atomic mass is 16.5. The van der Waals surface area contributed by atoms with E-state index in [1.807, 2.05) is 0 Å². The lowest BCUT2D eigenvalue weighted by molar-refractivity contribution is -0.118. The average molecular weight is 299 g/mol. The van der Waals surface area contributed by atoms with Crippen LogP contribution in [0.2, 0.25) is 0 Å². The van der Waals surface area contributed by atoms with Crippen LogP contribution in [-0.2, 0) is 4.79 Å². The number of carbonyl (C=O) groups is 2. The number of carbonyl (C=O) groups excluding carboxylic acids is 2. The van der Waals surface area contributed by atoms with Crippen molar-refractivity contribution in [3.8, 4) is 11.5 Å². The normalized spacial score (nSPS) is 9.91. The molecule has 2 rings (SSSR count). The molecule has 5 heteroatoms. The second-order valence-electron chi connectivity index (χ2n) is 4.62. The minimum atomic E-state index is -0.302. The number of ether oxygens (including phenoxy) is 2. The fraction of sp³-hybridized carbons (Fsp3) is 0.176. The van der Waals surface area contributed by atoms with E-state index >= 15 is 0 Å². The van der Waals surface area contributed by atoms with E-state index in [2.05, 4.69) is 5.32 Å². The summed E-state index contributed by atoms with van der Waals surface area (Å²) in [6.07, 6.45) is 0. The van der Waals surface area contributed by atoms with E-state index in [1.165, 1.54) is 6.92 Å². The number of hydrogen-bond donors (Lipinski definition) is 1. The van der Waals surface area contributed by atoms with E-state index in [9.17, 15) is 9.59 Å². The maximum atomic E-state index is 11.9. The maximum absolute atomic E-state index is 11.9. The zero-order chi connectivity index (χ0) is 15.9. The van der Waals surface area contributed by atoms with Gasteiger partial charge in [0.1, 0.15) is 11.5 Å². The topological polar surface area (TPSA) is 64.6 Å². The van der Waals surface area contributed by atoms with Crippen LogP contribution in [-0.4, -0.2) is 25.4 Å². The number of hydrogen-bond acceptors (Lipinski definition) is 4. The Balaban J connectivity index is 1.94. The molecule has 0 aliphatic rings. The molecule has 0 saturated heterocycles. The van der Waals surface area contributed by atoms with Gasteiger partial charge in [0.25, 0.3) is 5.91 Å². The molecule has 0 bridgehead atoms. The summed E-state index contributed by atoms with van der Waals surface area (Å²) in [5.74, 6) is 0.708. The van der Waals surface area contributed by atoms with Crippen LogP contribution in [0.5, 0.6) is 11.5 Å². The lowest BCUT2D eigenvalue weighted by atomic mass is 10.1. The van der Waals surface area contributed by atoms with E-state index < -0.39 is 0 Å². The fourth-order valence-electron chi connectivity index (χ4n) is 1.90. The maximum Gasteiger partial charge on any atom is 0.262 e. The first-order valence-corrected chi connectivity index (χ1v) is 6.77. The van der Waals surface area contributed by atoms with Crippen molar-refractivity contribution in [2.75, 3.05) is 19.0 Å². The molecule has 0 unspecified atom stereocenters. The van der Waals surface area contributed by atoms with Crippen LogP contribution in [0.3, 0.4) is 0 Å². The van der Waals surface area contributed by atoms with Crippen LogP contribution in [0.1, 0.15) is 17.3 Å². The number of amides is 1. The third-order valence-electron chi connectivity index (χ3n) is 3.00. The SMILES string of the molecule is COc1ccc(NC(=O)COc2ccccc2C(C)=O)cc1. The van der Waals surface area contributed by atoms with Crippen molar-refractivity contribution in [2.45, 2.75) is 6.92 Å². The van der Waals surface area contributed by atoms with Crippen LogP contribution >= 0.6 is 0 Å². The van der Waals surface area contributed by atoms with Gasteiger partial charge in [0, 0.05) is 5.69 Å². The number of benzene rings is 2. The number of rotatable bonds is 6. The van der Waals surface area contributed by atoms with Gasteiger partial charge in [0.15, 0.2) is 12.4 Å². The third kappa shape index (κ3) is 4.09. The smallest absolute Gasteiger partial charge is 0.262 e. The van der Waals surface area contributed by atoms with Crippen LogP contribution < -0.4 is 14.8 Å². The predicted molar refractivity (Wildman–Crippen MR) is 83.6 cm³/mol. The van der Waals surface area contributed by atoms with Gasteiger partial charge in [0.2, 0.25) is 0 Å². The molecule has 0 fully saturated rings. The van der Waals surface area contributed by atoms with E-state index in [0.717, 1.165) is 0 Å². The highest BCUT2D eigenvalue weighted by Crippen LogP contribution is 2.19. The zero-order valence-corrected chi connectivity index (χ0v) is 12.5. The first kappa shape index (κ1) is 15.6. The van der Waals surface area contributed by atoms with Crippen LogP contribution in [0.4, 0.5) is 5.69 Å². The number of Topliss-reactive ketones (excluding diaryl/α,β-unsaturated/α-hetero) is 1. The summed E-state index contributed by atoms with van der Waals surface area (Å²) in [6, 6.07) is 13.8. The summed E-state index contributed by atoms with van der Waals surface area (Å²) in [5.41, 5.74) is 1.11. The van der Waals surface area contributed by atoms with Gasteiger partial charge in [-0.2, -0.15) is 0 Å². The number of ketones is 1. The van der Waals surface area contributed by atoms with Crippen molar-refractivity contribution in [1.29, 1.82) is 0 Å². The Kier molecular flexibility index (Phi) is 5.14. The average Bonchev–Trinajstić information content (AvgIpc) is 2.54. The van der Waals surface area contributed by atoms with E-state index in [-0.39, 0.29) is 18.3 Å². The Morgan fingerprint density at radius 3 is 2.36 bits per heavy atom. The summed E-state index contributed by atoms with van der Waals surface area (Å²) >= 11 is 0. The summed E-state index contributed by atoms with van der Waals surface area (Å²) in [4.78, 5) is 23.3. The van der Waals surface area contributed by atoms with Crippen LogP contribution in [0, 0.1) is 0 Å².